The van der Waals surface area contributed by atoms with Crippen LogP contribution in [0.3, 0.4) is 0 Å². The molecule has 0 saturated carbocycles. The largest absolute Gasteiger partial charge is 0.360 e. The first kappa shape index (κ1) is 11.5. The van der Waals surface area contributed by atoms with Crippen molar-refractivity contribution in [3.05, 3.63) is 22.7 Å². The van der Waals surface area contributed by atoms with Crippen molar-refractivity contribution in [2.75, 3.05) is 29.9 Å². The van der Waals surface area contributed by atoms with Crippen LogP contribution in [0.5, 0.6) is 0 Å². The molecule has 0 bridgehead atoms. The van der Waals surface area contributed by atoms with Gasteiger partial charge in [0.2, 0.25) is 5.91 Å². The van der Waals surface area contributed by atoms with Crippen molar-refractivity contribution >= 4 is 33.2 Å². The first-order chi connectivity index (χ1) is 7.63. The van der Waals surface area contributed by atoms with E-state index in [1.54, 1.807) is 4.90 Å². The van der Waals surface area contributed by atoms with Gasteiger partial charge in [-0.3, -0.25) is 4.79 Å². The summed E-state index contributed by atoms with van der Waals surface area (Å²) < 4.78 is 1.05. The minimum absolute atomic E-state index is 0.156. The lowest BCUT2D eigenvalue weighted by Crippen LogP contribution is -2.44. The summed E-state index contributed by atoms with van der Waals surface area (Å²) in [4.78, 5) is 15.7. The minimum atomic E-state index is 0.156. The van der Waals surface area contributed by atoms with Gasteiger partial charge in [-0.2, -0.15) is 0 Å². The van der Waals surface area contributed by atoms with Crippen LogP contribution in [-0.4, -0.2) is 26.0 Å². The smallest absolute Gasteiger partial charge is 0.246 e. The van der Waals surface area contributed by atoms with Crippen molar-refractivity contribution in [2.45, 2.75) is 13.3 Å². The van der Waals surface area contributed by atoms with Crippen LogP contribution in [0.25, 0.3) is 0 Å². The average Bonchev–Trinajstić information content (AvgIpc) is 2.26. The molecule has 1 aliphatic heterocycles. The van der Waals surface area contributed by atoms with Crippen molar-refractivity contribution in [1.82, 2.24) is 0 Å². The van der Waals surface area contributed by atoms with Gasteiger partial charge in [0.25, 0.3) is 0 Å². The molecular weight excluding hydrogens is 268 g/mol. The summed E-state index contributed by atoms with van der Waals surface area (Å²) in [6.07, 6.45) is 1.04. The van der Waals surface area contributed by atoms with Crippen LogP contribution in [0.4, 0.5) is 11.4 Å². The Morgan fingerprint density at radius 3 is 2.81 bits per heavy atom. The van der Waals surface area contributed by atoms with Gasteiger partial charge < -0.3 is 9.80 Å². The first-order valence-corrected chi connectivity index (χ1v) is 6.24. The second kappa shape index (κ2) is 4.45. The Morgan fingerprint density at radius 2 is 2.12 bits per heavy atom. The molecule has 0 aliphatic carbocycles. The SMILES string of the molecule is CCCN1CC(=O)N(C)c2ccc(Br)cc21. The average molecular weight is 283 g/mol. The van der Waals surface area contributed by atoms with Gasteiger partial charge in [0, 0.05) is 18.1 Å². The molecule has 0 radical (unpaired) electrons. The second-order valence-corrected chi connectivity index (χ2v) is 4.92. The Hall–Kier alpha value is -1.03. The normalized spacial score (nSPS) is 15.3. The molecule has 0 atom stereocenters. The van der Waals surface area contributed by atoms with E-state index in [4.69, 9.17) is 0 Å². The number of carbonyl (C=O) groups is 1. The lowest BCUT2D eigenvalue weighted by Gasteiger charge is -2.35. The molecule has 2 rings (SSSR count). The zero-order chi connectivity index (χ0) is 11.7. The van der Waals surface area contributed by atoms with Gasteiger partial charge in [-0.05, 0) is 24.6 Å². The molecule has 1 aliphatic rings. The van der Waals surface area contributed by atoms with Crippen LogP contribution in [0, 0.1) is 0 Å². The summed E-state index contributed by atoms with van der Waals surface area (Å²) in [5.41, 5.74) is 2.13. The van der Waals surface area contributed by atoms with E-state index in [-0.39, 0.29) is 5.91 Å². The van der Waals surface area contributed by atoms with Crippen LogP contribution in [-0.2, 0) is 4.79 Å². The number of likely N-dealkylation sites (N-methyl/N-ethyl adjacent to an activating group) is 1. The number of hydrogen-bond acceptors (Lipinski definition) is 2. The topological polar surface area (TPSA) is 23.6 Å². The Labute approximate surface area is 104 Å². The van der Waals surface area contributed by atoms with E-state index in [1.807, 2.05) is 19.2 Å². The molecule has 0 aromatic heterocycles. The Bertz CT molecular complexity index is 419. The Morgan fingerprint density at radius 1 is 1.38 bits per heavy atom. The summed E-state index contributed by atoms with van der Waals surface area (Å²) in [5, 5.41) is 0. The van der Waals surface area contributed by atoms with Crippen molar-refractivity contribution in [3.8, 4) is 0 Å². The molecule has 1 heterocycles. The summed E-state index contributed by atoms with van der Waals surface area (Å²) in [6, 6.07) is 6.03. The number of halogens is 1. The number of hydrogen-bond donors (Lipinski definition) is 0. The quantitative estimate of drug-likeness (QED) is 0.833. The maximum absolute atomic E-state index is 11.8. The van der Waals surface area contributed by atoms with Crippen molar-refractivity contribution in [2.24, 2.45) is 0 Å². The van der Waals surface area contributed by atoms with Crippen molar-refractivity contribution in [1.29, 1.82) is 0 Å². The van der Waals surface area contributed by atoms with Crippen LogP contribution >= 0.6 is 15.9 Å². The van der Waals surface area contributed by atoms with Crippen LogP contribution in [0.1, 0.15) is 13.3 Å². The third-order valence-corrected chi connectivity index (χ3v) is 3.33. The van der Waals surface area contributed by atoms with Crippen LogP contribution in [0.15, 0.2) is 22.7 Å². The molecule has 0 spiro atoms. The number of amides is 1. The maximum atomic E-state index is 11.8. The lowest BCUT2D eigenvalue weighted by molar-refractivity contribution is -0.117. The molecule has 0 N–H and O–H groups in total. The fraction of sp³-hybridized carbons (Fsp3) is 0.417. The number of nitrogens with zero attached hydrogens (tertiary/aromatic N) is 2. The van der Waals surface area contributed by atoms with Gasteiger partial charge in [-0.25, -0.2) is 0 Å². The molecule has 4 heteroatoms. The highest BCUT2D eigenvalue weighted by Crippen LogP contribution is 2.34. The molecule has 3 nitrogen and oxygen atoms in total. The standard InChI is InChI=1S/C12H15BrN2O/c1-3-6-15-8-12(16)14(2)10-5-4-9(13)7-11(10)15/h4-5,7H,3,6,8H2,1-2H3. The Kier molecular flexibility index (Phi) is 3.19. The van der Waals surface area contributed by atoms with E-state index in [1.165, 1.54) is 0 Å². The summed E-state index contributed by atoms with van der Waals surface area (Å²) in [5.74, 6) is 0.156. The zero-order valence-corrected chi connectivity index (χ0v) is 11.1. The third kappa shape index (κ3) is 1.94. The molecule has 0 unspecified atom stereocenters. The third-order valence-electron chi connectivity index (χ3n) is 2.83. The van der Waals surface area contributed by atoms with E-state index in [0.717, 1.165) is 28.8 Å². The monoisotopic (exact) mass is 282 g/mol. The van der Waals surface area contributed by atoms with E-state index in [0.29, 0.717) is 6.54 Å². The number of carbonyl (C=O) groups excluding carboxylic acids is 1. The van der Waals surface area contributed by atoms with Crippen molar-refractivity contribution in [3.63, 3.8) is 0 Å². The van der Waals surface area contributed by atoms with Gasteiger partial charge in [-0.1, -0.05) is 22.9 Å². The summed E-state index contributed by atoms with van der Waals surface area (Å²) in [6.45, 7) is 3.53. The highest BCUT2D eigenvalue weighted by Gasteiger charge is 2.25. The fourth-order valence-electron chi connectivity index (χ4n) is 1.99. The summed E-state index contributed by atoms with van der Waals surface area (Å²) >= 11 is 3.47. The summed E-state index contributed by atoms with van der Waals surface area (Å²) in [7, 11) is 1.83. The maximum Gasteiger partial charge on any atom is 0.246 e. The fourth-order valence-corrected chi connectivity index (χ4v) is 2.34. The van der Waals surface area contributed by atoms with Crippen LogP contribution < -0.4 is 9.80 Å². The highest BCUT2D eigenvalue weighted by molar-refractivity contribution is 9.10. The van der Waals surface area contributed by atoms with Crippen molar-refractivity contribution < 1.29 is 4.79 Å². The van der Waals surface area contributed by atoms with Gasteiger partial charge in [0.1, 0.15) is 0 Å². The Balaban J connectivity index is 2.45. The number of benzene rings is 1. The molecule has 1 amide bonds. The van der Waals surface area contributed by atoms with E-state index >= 15 is 0 Å². The molecule has 1 aromatic rings. The van der Waals surface area contributed by atoms with Gasteiger partial charge in [-0.15, -0.1) is 0 Å². The number of fused-ring (bicyclic) bond motifs is 1. The molecule has 16 heavy (non-hydrogen) atoms. The van der Waals surface area contributed by atoms with Gasteiger partial charge >= 0.3 is 0 Å². The number of anilines is 2. The van der Waals surface area contributed by atoms with Gasteiger partial charge in [0.15, 0.2) is 0 Å². The molecule has 1 aromatic carbocycles. The van der Waals surface area contributed by atoms with Crippen LogP contribution in [0.2, 0.25) is 0 Å². The molecular formula is C12H15BrN2O. The number of rotatable bonds is 2. The minimum Gasteiger partial charge on any atom is -0.360 e. The molecule has 86 valence electrons. The van der Waals surface area contributed by atoms with Gasteiger partial charge in [0.05, 0.1) is 17.9 Å². The predicted octanol–water partition coefficient (Wildman–Crippen LogP) is 2.64. The molecule has 0 fully saturated rings. The second-order valence-electron chi connectivity index (χ2n) is 4.01. The van der Waals surface area contributed by atoms with E-state index in [2.05, 4.69) is 33.8 Å². The van der Waals surface area contributed by atoms with E-state index < -0.39 is 0 Å². The molecule has 0 saturated heterocycles. The first-order valence-electron chi connectivity index (χ1n) is 5.44. The predicted molar refractivity (Wildman–Crippen MR) is 70.1 cm³/mol. The lowest BCUT2D eigenvalue weighted by atomic mass is 10.1. The van der Waals surface area contributed by atoms with E-state index in [9.17, 15) is 4.79 Å². The zero-order valence-electron chi connectivity index (χ0n) is 9.53. The highest BCUT2D eigenvalue weighted by atomic mass is 79.9.